The second kappa shape index (κ2) is 5.78. The third-order valence-electron chi connectivity index (χ3n) is 1.81. The Balaban J connectivity index is 2.18. The fourth-order valence-corrected chi connectivity index (χ4v) is 1.56. The van der Waals surface area contributed by atoms with Gasteiger partial charge in [0, 0.05) is 12.3 Å². The quantitative estimate of drug-likeness (QED) is 0.809. The van der Waals surface area contributed by atoms with E-state index in [0.29, 0.717) is 11.9 Å². The van der Waals surface area contributed by atoms with Crippen LogP contribution in [0, 0.1) is 0 Å². The predicted molar refractivity (Wildman–Crippen MR) is 66.6 cm³/mol. The fourth-order valence-electron chi connectivity index (χ4n) is 1.10. The fraction of sp³-hybridized carbons (Fsp3) is 0.375. The lowest BCUT2D eigenvalue weighted by atomic mass is 10.7. The van der Waals surface area contributed by atoms with Crippen molar-refractivity contribution in [3.8, 4) is 5.95 Å². The van der Waals surface area contributed by atoms with E-state index in [1.807, 2.05) is 6.26 Å². The number of thioether (sulfide) groups is 1. The molecule has 0 aliphatic carbocycles. The van der Waals surface area contributed by atoms with Crippen LogP contribution >= 0.6 is 23.4 Å². The van der Waals surface area contributed by atoms with E-state index in [2.05, 4.69) is 30.4 Å². The van der Waals surface area contributed by atoms with Crippen molar-refractivity contribution >= 4 is 29.3 Å². The summed E-state index contributed by atoms with van der Waals surface area (Å²) in [6.07, 6.45) is 4.93. The van der Waals surface area contributed by atoms with Crippen LogP contribution in [0.15, 0.2) is 12.7 Å². The first-order valence-electron chi connectivity index (χ1n) is 4.79. The lowest BCUT2D eigenvalue weighted by Crippen LogP contribution is -2.11. The van der Waals surface area contributed by atoms with Crippen molar-refractivity contribution in [2.24, 2.45) is 0 Å². The van der Waals surface area contributed by atoms with Gasteiger partial charge in [-0.25, -0.2) is 4.98 Å². The SMILES string of the molecule is CSCCNc1nc(Cl)nc(-n2cncn2)n1. The summed E-state index contributed by atoms with van der Waals surface area (Å²) in [4.78, 5) is 15.9. The van der Waals surface area contributed by atoms with E-state index in [4.69, 9.17) is 11.6 Å². The molecule has 0 unspecified atom stereocenters. The molecule has 90 valence electrons. The number of nitrogens with one attached hydrogen (secondary N) is 1. The molecule has 0 atom stereocenters. The summed E-state index contributed by atoms with van der Waals surface area (Å²) >= 11 is 7.54. The van der Waals surface area contributed by atoms with Gasteiger partial charge in [0.15, 0.2) is 0 Å². The first-order valence-corrected chi connectivity index (χ1v) is 6.56. The molecule has 0 radical (unpaired) electrons. The zero-order valence-corrected chi connectivity index (χ0v) is 10.6. The van der Waals surface area contributed by atoms with Crippen LogP contribution in [0.25, 0.3) is 5.95 Å². The molecule has 2 aromatic rings. The van der Waals surface area contributed by atoms with Gasteiger partial charge in [-0.05, 0) is 17.9 Å². The lowest BCUT2D eigenvalue weighted by Gasteiger charge is -2.05. The Morgan fingerprint density at radius 1 is 1.41 bits per heavy atom. The molecule has 0 bridgehead atoms. The van der Waals surface area contributed by atoms with E-state index < -0.39 is 0 Å². The summed E-state index contributed by atoms with van der Waals surface area (Å²) in [7, 11) is 0. The van der Waals surface area contributed by atoms with Crippen molar-refractivity contribution in [3.63, 3.8) is 0 Å². The van der Waals surface area contributed by atoms with E-state index in [9.17, 15) is 0 Å². The highest BCUT2D eigenvalue weighted by Gasteiger charge is 2.06. The van der Waals surface area contributed by atoms with Crippen LogP contribution in [-0.4, -0.2) is 48.3 Å². The Labute approximate surface area is 107 Å². The van der Waals surface area contributed by atoms with Crippen LogP contribution in [0.4, 0.5) is 5.95 Å². The molecule has 2 aromatic heterocycles. The number of nitrogens with zero attached hydrogens (tertiary/aromatic N) is 6. The maximum absolute atomic E-state index is 5.81. The third-order valence-corrected chi connectivity index (χ3v) is 2.59. The van der Waals surface area contributed by atoms with Crippen molar-refractivity contribution in [3.05, 3.63) is 17.9 Å². The Hall–Kier alpha value is -1.41. The predicted octanol–water partition coefficient (Wildman–Crippen LogP) is 0.881. The first kappa shape index (κ1) is 12.1. The number of rotatable bonds is 5. The summed E-state index contributed by atoms with van der Waals surface area (Å²) in [6.45, 7) is 0.762. The highest BCUT2D eigenvalue weighted by Crippen LogP contribution is 2.08. The van der Waals surface area contributed by atoms with E-state index in [1.54, 1.807) is 11.8 Å². The maximum Gasteiger partial charge on any atom is 0.258 e. The molecule has 7 nitrogen and oxygen atoms in total. The minimum atomic E-state index is 0.122. The maximum atomic E-state index is 5.81. The average Bonchev–Trinajstić information content (AvgIpc) is 2.82. The van der Waals surface area contributed by atoms with Crippen molar-refractivity contribution in [1.82, 2.24) is 29.7 Å². The van der Waals surface area contributed by atoms with Gasteiger partial charge < -0.3 is 5.32 Å². The van der Waals surface area contributed by atoms with Crippen molar-refractivity contribution in [1.29, 1.82) is 0 Å². The number of aromatic nitrogens is 6. The minimum Gasteiger partial charge on any atom is -0.353 e. The molecular formula is C8H10ClN7S. The van der Waals surface area contributed by atoms with Crippen LogP contribution in [0.1, 0.15) is 0 Å². The number of hydrogen-bond acceptors (Lipinski definition) is 7. The molecule has 0 fully saturated rings. The van der Waals surface area contributed by atoms with Gasteiger partial charge >= 0.3 is 0 Å². The smallest absolute Gasteiger partial charge is 0.258 e. The molecule has 9 heteroatoms. The van der Waals surface area contributed by atoms with Gasteiger partial charge in [0.25, 0.3) is 5.95 Å². The van der Waals surface area contributed by atoms with Gasteiger partial charge in [-0.1, -0.05) is 0 Å². The normalized spacial score (nSPS) is 10.5. The topological polar surface area (TPSA) is 81.4 Å². The van der Waals surface area contributed by atoms with Gasteiger partial charge in [-0.15, -0.1) is 0 Å². The molecule has 0 spiro atoms. The minimum absolute atomic E-state index is 0.122. The third kappa shape index (κ3) is 3.27. The summed E-state index contributed by atoms with van der Waals surface area (Å²) in [5.74, 6) is 1.74. The van der Waals surface area contributed by atoms with Crippen molar-refractivity contribution in [2.75, 3.05) is 23.9 Å². The van der Waals surface area contributed by atoms with Crippen LogP contribution in [0.3, 0.4) is 0 Å². The molecule has 0 aliphatic heterocycles. The standard InChI is InChI=1S/C8H10ClN7S/c1-17-3-2-11-7-13-6(9)14-8(15-7)16-5-10-4-12-16/h4-5H,2-3H2,1H3,(H,11,13,14,15). The summed E-state index contributed by atoms with van der Waals surface area (Å²) in [5, 5.41) is 7.11. The molecule has 2 heterocycles. The highest BCUT2D eigenvalue weighted by atomic mass is 35.5. The molecule has 2 rings (SSSR count). The largest absolute Gasteiger partial charge is 0.353 e. The Morgan fingerprint density at radius 3 is 3.00 bits per heavy atom. The molecule has 17 heavy (non-hydrogen) atoms. The molecule has 0 aliphatic rings. The molecule has 0 aromatic carbocycles. The van der Waals surface area contributed by atoms with Gasteiger partial charge in [-0.3, -0.25) is 0 Å². The summed E-state index contributed by atoms with van der Waals surface area (Å²) < 4.78 is 1.42. The van der Waals surface area contributed by atoms with Gasteiger partial charge in [0.05, 0.1) is 0 Å². The Morgan fingerprint density at radius 2 is 2.29 bits per heavy atom. The first-order chi connectivity index (χ1) is 8.29. The molecule has 1 N–H and O–H groups in total. The van der Waals surface area contributed by atoms with Crippen molar-refractivity contribution in [2.45, 2.75) is 0 Å². The zero-order valence-electron chi connectivity index (χ0n) is 9.04. The summed E-state index contributed by atoms with van der Waals surface area (Å²) in [6, 6.07) is 0. The summed E-state index contributed by atoms with van der Waals surface area (Å²) in [5.41, 5.74) is 0. The van der Waals surface area contributed by atoms with E-state index >= 15 is 0 Å². The van der Waals surface area contributed by atoms with Crippen LogP contribution in [0.2, 0.25) is 5.28 Å². The van der Waals surface area contributed by atoms with Crippen LogP contribution in [-0.2, 0) is 0 Å². The van der Waals surface area contributed by atoms with Gasteiger partial charge in [0.2, 0.25) is 11.2 Å². The molecule has 0 amide bonds. The zero-order chi connectivity index (χ0) is 12.1. The van der Waals surface area contributed by atoms with E-state index in [-0.39, 0.29) is 5.28 Å². The van der Waals surface area contributed by atoms with Crippen molar-refractivity contribution < 1.29 is 0 Å². The number of anilines is 1. The molecular weight excluding hydrogens is 262 g/mol. The second-order valence-corrected chi connectivity index (χ2v) is 4.31. The van der Waals surface area contributed by atoms with Crippen LogP contribution < -0.4 is 5.32 Å². The number of hydrogen-bond donors (Lipinski definition) is 1. The average molecular weight is 272 g/mol. The second-order valence-electron chi connectivity index (χ2n) is 2.99. The Kier molecular flexibility index (Phi) is 4.10. The van der Waals surface area contributed by atoms with Crippen LogP contribution in [0.5, 0.6) is 0 Å². The van der Waals surface area contributed by atoms with Gasteiger partial charge in [-0.2, -0.15) is 36.5 Å². The van der Waals surface area contributed by atoms with Gasteiger partial charge in [0.1, 0.15) is 12.7 Å². The monoisotopic (exact) mass is 271 g/mol. The Bertz CT molecular complexity index is 475. The van der Waals surface area contributed by atoms with E-state index in [1.165, 1.54) is 17.3 Å². The number of halogens is 1. The molecule has 0 saturated heterocycles. The highest BCUT2D eigenvalue weighted by molar-refractivity contribution is 7.98. The lowest BCUT2D eigenvalue weighted by molar-refractivity contribution is 0.794. The van der Waals surface area contributed by atoms with E-state index in [0.717, 1.165) is 12.3 Å². The molecule has 0 saturated carbocycles.